The molecule has 0 N–H and O–H groups in total. The maximum atomic E-state index is 3.70. The van der Waals surface area contributed by atoms with Gasteiger partial charge >= 0.3 is 0 Å². The van der Waals surface area contributed by atoms with Gasteiger partial charge in [-0.3, -0.25) is 0 Å². The van der Waals surface area contributed by atoms with Gasteiger partial charge in [-0.2, -0.15) is 0 Å². The zero-order chi connectivity index (χ0) is 8.53. The fourth-order valence-electron chi connectivity index (χ4n) is 1.11. The van der Waals surface area contributed by atoms with Crippen molar-refractivity contribution in [1.82, 2.24) is 0 Å². The molecule has 0 nitrogen and oxygen atoms in total. The van der Waals surface area contributed by atoms with E-state index in [-0.39, 0.29) is 0 Å². The minimum Gasteiger partial charge on any atom is -0.103 e. The number of hydrogen-bond donors (Lipinski definition) is 0. The Kier molecular flexibility index (Phi) is 7.23. The maximum Gasteiger partial charge on any atom is -0.0345 e. The lowest BCUT2D eigenvalue weighted by molar-refractivity contribution is 0.846. The van der Waals surface area contributed by atoms with E-state index in [1.54, 1.807) is 5.57 Å². The van der Waals surface area contributed by atoms with Gasteiger partial charge in [-0.1, -0.05) is 31.6 Å². The zero-order valence-electron chi connectivity index (χ0n) is 7.90. The largest absolute Gasteiger partial charge is 0.103 e. The van der Waals surface area contributed by atoms with Gasteiger partial charge < -0.3 is 0 Å². The average Bonchev–Trinajstić information content (AvgIpc) is 2.05. The Balaban J connectivity index is 3.44. The summed E-state index contributed by atoms with van der Waals surface area (Å²) >= 11 is 0. The van der Waals surface area contributed by atoms with Crippen LogP contribution in [0.4, 0.5) is 0 Å². The minimum atomic E-state index is 1.15. The van der Waals surface area contributed by atoms with E-state index in [2.05, 4.69) is 26.5 Å². The Morgan fingerprint density at radius 2 is 1.82 bits per heavy atom. The molecule has 0 saturated carbocycles. The topological polar surface area (TPSA) is 0 Å². The first-order valence-electron chi connectivity index (χ1n) is 4.63. The van der Waals surface area contributed by atoms with E-state index in [9.17, 15) is 0 Å². The van der Waals surface area contributed by atoms with Gasteiger partial charge in [0.15, 0.2) is 0 Å². The predicted molar refractivity (Wildman–Crippen MR) is 52.7 cm³/mol. The normalized spacial score (nSPS) is 9.27. The molecule has 0 atom stereocenters. The molecule has 0 spiro atoms. The number of unbranched alkanes of at least 4 members (excludes halogenated alkanes) is 2. The summed E-state index contributed by atoms with van der Waals surface area (Å²) in [6, 6.07) is 0. The molecule has 0 saturated heterocycles. The van der Waals surface area contributed by atoms with Gasteiger partial charge in [0.25, 0.3) is 0 Å². The van der Waals surface area contributed by atoms with E-state index >= 15 is 0 Å². The van der Waals surface area contributed by atoms with Gasteiger partial charge in [-0.25, -0.2) is 0 Å². The van der Waals surface area contributed by atoms with E-state index < -0.39 is 0 Å². The second-order valence-corrected chi connectivity index (χ2v) is 2.79. The lowest BCUT2D eigenvalue weighted by atomic mass is 10.1. The van der Waals surface area contributed by atoms with Crippen molar-refractivity contribution in [3.8, 4) is 0 Å². The highest BCUT2D eigenvalue weighted by atomic mass is 13.9. The molecule has 0 aliphatic heterocycles. The Hall–Kier alpha value is -0.520. The lowest BCUT2D eigenvalue weighted by Crippen LogP contribution is -1.78. The highest BCUT2D eigenvalue weighted by Gasteiger charge is 1.88. The van der Waals surface area contributed by atoms with Gasteiger partial charge in [-0.15, -0.1) is 6.58 Å². The summed E-state index contributed by atoms with van der Waals surface area (Å²) in [6.45, 7) is 8.15. The molecule has 0 amide bonds. The molecule has 0 unspecified atom stereocenters. The number of allylic oxidation sites excluding steroid dienone is 3. The predicted octanol–water partition coefficient (Wildman–Crippen LogP) is 4.09. The summed E-state index contributed by atoms with van der Waals surface area (Å²) in [5.74, 6) is 0. The summed E-state index contributed by atoms with van der Waals surface area (Å²) in [6.07, 6.45) is 10.4. The van der Waals surface area contributed by atoms with Crippen LogP contribution in [-0.2, 0) is 0 Å². The van der Waals surface area contributed by atoms with Crippen molar-refractivity contribution in [3.05, 3.63) is 24.3 Å². The van der Waals surface area contributed by atoms with Crippen LogP contribution in [0.1, 0.15) is 46.0 Å². The molecular weight excluding hydrogens is 132 g/mol. The average molecular weight is 152 g/mol. The smallest absolute Gasteiger partial charge is 0.0345 e. The second kappa shape index (κ2) is 7.59. The maximum absolute atomic E-state index is 3.70. The number of rotatable bonds is 6. The summed E-state index contributed by atoms with van der Waals surface area (Å²) in [5.41, 5.74) is 1.59. The molecule has 11 heavy (non-hydrogen) atoms. The highest BCUT2D eigenvalue weighted by molar-refractivity contribution is 4.99. The standard InChI is InChI=1S/C11H20/c1-4-7-8-9-10-11(5-2)6-3/h4,10H,1,5-9H2,2-3H3. The second-order valence-electron chi connectivity index (χ2n) is 2.79. The van der Waals surface area contributed by atoms with E-state index in [0.717, 1.165) is 6.42 Å². The molecular formula is C11H20. The van der Waals surface area contributed by atoms with Crippen LogP contribution in [0.25, 0.3) is 0 Å². The Bertz CT molecular complexity index is 114. The van der Waals surface area contributed by atoms with Crippen LogP contribution < -0.4 is 0 Å². The van der Waals surface area contributed by atoms with Crippen LogP contribution in [0, 0.1) is 0 Å². The third-order valence-corrected chi connectivity index (χ3v) is 1.95. The lowest BCUT2D eigenvalue weighted by Gasteiger charge is -1.98. The van der Waals surface area contributed by atoms with Gasteiger partial charge in [0.1, 0.15) is 0 Å². The summed E-state index contributed by atoms with van der Waals surface area (Å²) in [5, 5.41) is 0. The van der Waals surface area contributed by atoms with Crippen molar-refractivity contribution in [1.29, 1.82) is 0 Å². The highest BCUT2D eigenvalue weighted by Crippen LogP contribution is 2.08. The Morgan fingerprint density at radius 3 is 2.27 bits per heavy atom. The fraction of sp³-hybridized carbons (Fsp3) is 0.636. The van der Waals surface area contributed by atoms with Crippen LogP contribution >= 0.6 is 0 Å². The van der Waals surface area contributed by atoms with Gasteiger partial charge in [-0.05, 0) is 32.1 Å². The molecule has 0 heterocycles. The van der Waals surface area contributed by atoms with Crippen LogP contribution in [0.3, 0.4) is 0 Å². The van der Waals surface area contributed by atoms with Crippen LogP contribution in [0.5, 0.6) is 0 Å². The molecule has 0 aromatic heterocycles. The monoisotopic (exact) mass is 152 g/mol. The molecule has 0 aromatic rings. The third kappa shape index (κ3) is 5.90. The quantitative estimate of drug-likeness (QED) is 0.397. The Morgan fingerprint density at radius 1 is 1.18 bits per heavy atom. The minimum absolute atomic E-state index is 1.15. The molecule has 64 valence electrons. The Labute approximate surface area is 71.0 Å². The van der Waals surface area contributed by atoms with Gasteiger partial charge in [0.05, 0.1) is 0 Å². The van der Waals surface area contributed by atoms with Crippen molar-refractivity contribution < 1.29 is 0 Å². The molecule has 0 heteroatoms. The van der Waals surface area contributed by atoms with Crippen molar-refractivity contribution in [2.45, 2.75) is 46.0 Å². The van der Waals surface area contributed by atoms with Crippen molar-refractivity contribution in [2.75, 3.05) is 0 Å². The first-order valence-corrected chi connectivity index (χ1v) is 4.63. The molecule has 0 bridgehead atoms. The van der Waals surface area contributed by atoms with Crippen molar-refractivity contribution in [3.63, 3.8) is 0 Å². The van der Waals surface area contributed by atoms with Crippen LogP contribution in [0.15, 0.2) is 24.3 Å². The SMILES string of the molecule is C=CCCCC=C(CC)CC. The zero-order valence-corrected chi connectivity index (χ0v) is 7.90. The summed E-state index contributed by atoms with van der Waals surface area (Å²) in [4.78, 5) is 0. The molecule has 0 fully saturated rings. The van der Waals surface area contributed by atoms with Gasteiger partial charge in [0, 0.05) is 0 Å². The first kappa shape index (κ1) is 10.5. The van der Waals surface area contributed by atoms with Crippen molar-refractivity contribution in [2.24, 2.45) is 0 Å². The van der Waals surface area contributed by atoms with Crippen molar-refractivity contribution >= 4 is 0 Å². The van der Waals surface area contributed by atoms with Crippen LogP contribution in [0.2, 0.25) is 0 Å². The first-order chi connectivity index (χ1) is 5.35. The molecule has 0 radical (unpaired) electrons. The summed E-state index contributed by atoms with van der Waals surface area (Å²) < 4.78 is 0. The third-order valence-electron chi connectivity index (χ3n) is 1.95. The van der Waals surface area contributed by atoms with E-state index in [1.807, 2.05) is 6.08 Å². The molecule has 0 rings (SSSR count). The molecule has 0 aliphatic carbocycles. The summed E-state index contributed by atoms with van der Waals surface area (Å²) in [7, 11) is 0. The van der Waals surface area contributed by atoms with E-state index in [0.29, 0.717) is 0 Å². The van der Waals surface area contributed by atoms with Crippen LogP contribution in [-0.4, -0.2) is 0 Å². The van der Waals surface area contributed by atoms with E-state index in [1.165, 1.54) is 25.7 Å². The van der Waals surface area contributed by atoms with E-state index in [4.69, 9.17) is 0 Å². The molecule has 0 aromatic carbocycles. The van der Waals surface area contributed by atoms with Gasteiger partial charge in [0.2, 0.25) is 0 Å². The molecule has 0 aliphatic rings. The fourth-order valence-corrected chi connectivity index (χ4v) is 1.11. The number of hydrogen-bond acceptors (Lipinski definition) is 0.